The van der Waals surface area contributed by atoms with E-state index < -0.39 is 0 Å². The minimum absolute atomic E-state index is 0.573. The third-order valence-electron chi connectivity index (χ3n) is 2.92. The van der Waals surface area contributed by atoms with Gasteiger partial charge in [-0.05, 0) is 37.0 Å². The number of hydrogen-bond donors (Lipinski definition) is 1. The summed E-state index contributed by atoms with van der Waals surface area (Å²) in [6.45, 7) is 4.29. The van der Waals surface area contributed by atoms with Crippen molar-refractivity contribution < 1.29 is 0 Å². The van der Waals surface area contributed by atoms with Gasteiger partial charge < -0.3 is 5.32 Å². The van der Waals surface area contributed by atoms with Gasteiger partial charge in [-0.1, -0.05) is 6.92 Å². The highest BCUT2D eigenvalue weighted by atomic mass is 15.4. The molecular formula is C11H14N4. The van der Waals surface area contributed by atoms with Crippen LogP contribution in [0.3, 0.4) is 0 Å². The van der Waals surface area contributed by atoms with Gasteiger partial charge in [-0.25, -0.2) is 4.52 Å². The monoisotopic (exact) mass is 202 g/mol. The number of hydrogen-bond acceptors (Lipinski definition) is 3. The maximum atomic E-state index is 4.43. The lowest BCUT2D eigenvalue weighted by molar-refractivity contribution is 0.902. The summed E-state index contributed by atoms with van der Waals surface area (Å²) in [7, 11) is 0. The van der Waals surface area contributed by atoms with Crippen LogP contribution in [0.4, 0.5) is 5.95 Å². The van der Waals surface area contributed by atoms with Gasteiger partial charge in [0.15, 0.2) is 5.65 Å². The molecule has 1 N–H and O–H groups in total. The Morgan fingerprint density at radius 2 is 2.33 bits per heavy atom. The maximum Gasteiger partial charge on any atom is 0.243 e. The largest absolute Gasteiger partial charge is 0.350 e. The van der Waals surface area contributed by atoms with Crippen molar-refractivity contribution in [3.8, 4) is 0 Å². The minimum Gasteiger partial charge on any atom is -0.350 e. The molecule has 0 aromatic carbocycles. The molecule has 2 aromatic rings. The number of fused-ring (bicyclic) bond motifs is 1. The lowest BCUT2D eigenvalue weighted by Crippen LogP contribution is -2.04. The standard InChI is InChI=1S/C11H14N4/c1-7-3-4-15-10(5-7)13-11(14-15)12-9-6-8(9)2/h3-5,8-9H,6H2,1-2H3,(H,12,14). The van der Waals surface area contributed by atoms with Crippen LogP contribution in [0.2, 0.25) is 0 Å². The number of aryl methyl sites for hydroxylation is 1. The summed E-state index contributed by atoms with van der Waals surface area (Å²) in [6, 6.07) is 4.64. The van der Waals surface area contributed by atoms with E-state index in [0.29, 0.717) is 6.04 Å². The molecule has 1 aliphatic carbocycles. The fourth-order valence-electron chi connectivity index (χ4n) is 1.73. The topological polar surface area (TPSA) is 42.2 Å². The second kappa shape index (κ2) is 2.95. The van der Waals surface area contributed by atoms with Gasteiger partial charge in [0.2, 0.25) is 5.95 Å². The van der Waals surface area contributed by atoms with E-state index in [1.54, 1.807) is 0 Å². The smallest absolute Gasteiger partial charge is 0.243 e. The van der Waals surface area contributed by atoms with Crippen LogP contribution in [0, 0.1) is 12.8 Å². The van der Waals surface area contributed by atoms with E-state index in [4.69, 9.17) is 0 Å². The van der Waals surface area contributed by atoms with Crippen molar-refractivity contribution in [3.63, 3.8) is 0 Å². The van der Waals surface area contributed by atoms with Gasteiger partial charge in [0, 0.05) is 12.2 Å². The molecule has 2 unspecified atom stereocenters. The molecule has 1 saturated carbocycles. The molecule has 0 spiro atoms. The minimum atomic E-state index is 0.573. The molecule has 15 heavy (non-hydrogen) atoms. The zero-order valence-corrected chi connectivity index (χ0v) is 8.94. The lowest BCUT2D eigenvalue weighted by Gasteiger charge is -1.95. The first-order valence-electron chi connectivity index (χ1n) is 5.32. The summed E-state index contributed by atoms with van der Waals surface area (Å²) >= 11 is 0. The van der Waals surface area contributed by atoms with Crippen LogP contribution in [-0.2, 0) is 0 Å². The first kappa shape index (κ1) is 8.71. The van der Waals surface area contributed by atoms with E-state index in [1.807, 2.05) is 22.8 Å². The maximum absolute atomic E-state index is 4.43. The number of nitrogens with one attached hydrogen (secondary N) is 1. The molecule has 0 bridgehead atoms. The number of rotatable bonds is 2. The van der Waals surface area contributed by atoms with Crippen molar-refractivity contribution in [2.45, 2.75) is 26.3 Å². The first-order valence-corrected chi connectivity index (χ1v) is 5.32. The van der Waals surface area contributed by atoms with Gasteiger partial charge in [0.1, 0.15) is 0 Å². The van der Waals surface area contributed by atoms with Crippen molar-refractivity contribution in [1.29, 1.82) is 0 Å². The molecule has 0 saturated heterocycles. The van der Waals surface area contributed by atoms with Gasteiger partial charge in [0.25, 0.3) is 0 Å². The van der Waals surface area contributed by atoms with Crippen LogP contribution in [0.25, 0.3) is 5.65 Å². The lowest BCUT2D eigenvalue weighted by atomic mass is 10.3. The number of aromatic nitrogens is 3. The molecule has 4 heteroatoms. The molecular weight excluding hydrogens is 188 g/mol. The Bertz CT molecular complexity index is 502. The third kappa shape index (κ3) is 1.56. The summed E-state index contributed by atoms with van der Waals surface area (Å²) in [5, 5.41) is 7.69. The summed E-state index contributed by atoms with van der Waals surface area (Å²) in [5.41, 5.74) is 2.12. The Morgan fingerprint density at radius 3 is 3.07 bits per heavy atom. The van der Waals surface area contributed by atoms with Crippen LogP contribution in [0.1, 0.15) is 18.9 Å². The molecule has 0 radical (unpaired) electrons. The van der Waals surface area contributed by atoms with E-state index in [-0.39, 0.29) is 0 Å². The van der Waals surface area contributed by atoms with Gasteiger partial charge >= 0.3 is 0 Å². The number of pyridine rings is 1. The van der Waals surface area contributed by atoms with Crippen molar-refractivity contribution in [1.82, 2.24) is 14.6 Å². The van der Waals surface area contributed by atoms with Crippen LogP contribution < -0.4 is 5.32 Å². The Balaban J connectivity index is 1.92. The van der Waals surface area contributed by atoms with Crippen molar-refractivity contribution >= 4 is 11.6 Å². The van der Waals surface area contributed by atoms with Crippen LogP contribution in [0.15, 0.2) is 18.3 Å². The van der Waals surface area contributed by atoms with Gasteiger partial charge in [-0.3, -0.25) is 0 Å². The zero-order chi connectivity index (χ0) is 10.4. The van der Waals surface area contributed by atoms with E-state index in [1.165, 1.54) is 12.0 Å². The molecule has 78 valence electrons. The average molecular weight is 202 g/mol. The second-order valence-electron chi connectivity index (χ2n) is 4.41. The molecule has 0 aliphatic heterocycles. The van der Waals surface area contributed by atoms with E-state index in [2.05, 4.69) is 29.2 Å². The molecule has 1 fully saturated rings. The molecule has 2 aromatic heterocycles. The highest BCUT2D eigenvalue weighted by Gasteiger charge is 2.33. The fourth-order valence-corrected chi connectivity index (χ4v) is 1.73. The molecule has 2 heterocycles. The highest BCUT2D eigenvalue weighted by Crippen LogP contribution is 2.31. The van der Waals surface area contributed by atoms with E-state index in [0.717, 1.165) is 17.5 Å². The third-order valence-corrected chi connectivity index (χ3v) is 2.92. The predicted molar refractivity (Wildman–Crippen MR) is 58.9 cm³/mol. The van der Waals surface area contributed by atoms with Crippen LogP contribution >= 0.6 is 0 Å². The first-order chi connectivity index (χ1) is 7.22. The van der Waals surface area contributed by atoms with Gasteiger partial charge in [-0.15, -0.1) is 5.10 Å². The van der Waals surface area contributed by atoms with Crippen LogP contribution in [0.5, 0.6) is 0 Å². The number of anilines is 1. The Labute approximate surface area is 88.3 Å². The van der Waals surface area contributed by atoms with Crippen molar-refractivity contribution in [2.75, 3.05) is 5.32 Å². The van der Waals surface area contributed by atoms with Crippen molar-refractivity contribution in [3.05, 3.63) is 23.9 Å². The Hall–Kier alpha value is -1.58. The van der Waals surface area contributed by atoms with Crippen LogP contribution in [-0.4, -0.2) is 20.6 Å². The Kier molecular flexibility index (Phi) is 1.71. The molecule has 3 rings (SSSR count). The summed E-state index contributed by atoms with van der Waals surface area (Å²) in [5.74, 6) is 1.51. The molecule has 1 aliphatic rings. The summed E-state index contributed by atoms with van der Waals surface area (Å²) in [6.07, 6.45) is 3.17. The van der Waals surface area contributed by atoms with Crippen molar-refractivity contribution in [2.24, 2.45) is 5.92 Å². The molecule has 4 nitrogen and oxygen atoms in total. The second-order valence-corrected chi connectivity index (χ2v) is 4.41. The SMILES string of the molecule is Cc1ccn2nc(NC3CC3C)nc2c1. The number of nitrogens with zero attached hydrogens (tertiary/aromatic N) is 3. The zero-order valence-electron chi connectivity index (χ0n) is 8.94. The summed E-state index contributed by atoms with van der Waals surface area (Å²) in [4.78, 5) is 4.43. The average Bonchev–Trinajstić information content (AvgIpc) is 2.75. The predicted octanol–water partition coefficient (Wildman–Crippen LogP) is 1.86. The van der Waals surface area contributed by atoms with E-state index in [9.17, 15) is 0 Å². The van der Waals surface area contributed by atoms with Gasteiger partial charge in [-0.2, -0.15) is 4.98 Å². The highest BCUT2D eigenvalue weighted by molar-refractivity contribution is 5.45. The molecule has 0 amide bonds. The fraction of sp³-hybridized carbons (Fsp3) is 0.455. The Morgan fingerprint density at radius 1 is 1.53 bits per heavy atom. The summed E-state index contributed by atoms with van der Waals surface area (Å²) < 4.78 is 1.81. The van der Waals surface area contributed by atoms with E-state index >= 15 is 0 Å². The van der Waals surface area contributed by atoms with Gasteiger partial charge in [0.05, 0.1) is 0 Å². The molecule has 2 atom stereocenters. The quantitative estimate of drug-likeness (QED) is 0.808. The normalized spacial score (nSPS) is 24.4.